The monoisotopic (exact) mass is 488 g/mol. The minimum absolute atomic E-state index is 0.106. The van der Waals surface area contributed by atoms with Crippen molar-refractivity contribution in [2.75, 3.05) is 25.1 Å². The van der Waals surface area contributed by atoms with Crippen molar-refractivity contribution in [3.63, 3.8) is 0 Å². The van der Waals surface area contributed by atoms with Gasteiger partial charge in [0.05, 0.1) is 32.5 Å². The number of nitrogens with zero attached hydrogens (tertiary/aromatic N) is 2. The third kappa shape index (κ3) is 4.55. The third-order valence-corrected chi connectivity index (χ3v) is 7.22. The highest BCUT2D eigenvalue weighted by Gasteiger charge is 2.48. The summed E-state index contributed by atoms with van der Waals surface area (Å²) >= 11 is 5.90. The SMILES string of the molecule is COC(=O)N1C[C@H](c2cccc(OC)c2)N(c2ccc(Oc3ccc(Cl)cc3)cc2)S1(=O)=O. The number of halogens is 1. The molecule has 1 amide bonds. The summed E-state index contributed by atoms with van der Waals surface area (Å²) in [6.45, 7) is -0.106. The lowest BCUT2D eigenvalue weighted by molar-refractivity contribution is 0.150. The van der Waals surface area contributed by atoms with Gasteiger partial charge in [-0.25, -0.2) is 9.10 Å². The number of carbonyl (C=O) groups excluding carboxylic acids is 1. The van der Waals surface area contributed by atoms with E-state index >= 15 is 0 Å². The molecule has 0 aliphatic carbocycles. The van der Waals surface area contributed by atoms with Crippen molar-refractivity contribution in [3.05, 3.63) is 83.4 Å². The maximum Gasteiger partial charge on any atom is 0.424 e. The molecule has 3 aromatic carbocycles. The summed E-state index contributed by atoms with van der Waals surface area (Å²) in [5.41, 5.74) is 1.04. The van der Waals surface area contributed by atoms with E-state index in [1.807, 2.05) is 0 Å². The first-order valence-electron chi connectivity index (χ1n) is 9.91. The summed E-state index contributed by atoms with van der Waals surface area (Å²) in [6.07, 6.45) is -0.951. The van der Waals surface area contributed by atoms with Crippen molar-refractivity contribution < 1.29 is 27.4 Å². The van der Waals surface area contributed by atoms with Gasteiger partial charge in [-0.3, -0.25) is 0 Å². The maximum atomic E-state index is 13.3. The fourth-order valence-electron chi connectivity index (χ4n) is 3.57. The zero-order valence-electron chi connectivity index (χ0n) is 17.8. The van der Waals surface area contributed by atoms with Crippen LogP contribution in [0.25, 0.3) is 0 Å². The Balaban J connectivity index is 1.69. The molecule has 0 N–H and O–H groups in total. The summed E-state index contributed by atoms with van der Waals surface area (Å²) in [5, 5.41) is 0.593. The Hall–Kier alpha value is -3.43. The lowest BCUT2D eigenvalue weighted by atomic mass is 10.1. The normalized spacial score (nSPS) is 17.0. The third-order valence-electron chi connectivity index (χ3n) is 5.15. The van der Waals surface area contributed by atoms with Crippen molar-refractivity contribution in [2.45, 2.75) is 6.04 Å². The van der Waals surface area contributed by atoms with Crippen molar-refractivity contribution in [1.82, 2.24) is 4.31 Å². The van der Waals surface area contributed by atoms with E-state index in [1.54, 1.807) is 72.8 Å². The van der Waals surface area contributed by atoms with E-state index in [2.05, 4.69) is 0 Å². The van der Waals surface area contributed by atoms with Crippen LogP contribution in [0.3, 0.4) is 0 Å². The van der Waals surface area contributed by atoms with E-state index < -0.39 is 22.3 Å². The van der Waals surface area contributed by atoms with Gasteiger partial charge >= 0.3 is 16.3 Å². The van der Waals surface area contributed by atoms with Crippen LogP contribution in [0.5, 0.6) is 17.2 Å². The zero-order valence-corrected chi connectivity index (χ0v) is 19.4. The Kier molecular flexibility index (Phi) is 6.35. The summed E-state index contributed by atoms with van der Waals surface area (Å²) < 4.78 is 44.3. The summed E-state index contributed by atoms with van der Waals surface area (Å²) in [6, 6.07) is 19.8. The first-order valence-corrected chi connectivity index (χ1v) is 11.7. The second-order valence-electron chi connectivity index (χ2n) is 7.15. The average Bonchev–Trinajstić information content (AvgIpc) is 3.11. The van der Waals surface area contributed by atoms with E-state index in [9.17, 15) is 13.2 Å². The minimum Gasteiger partial charge on any atom is -0.497 e. The highest BCUT2D eigenvalue weighted by Crippen LogP contribution is 2.40. The fourth-order valence-corrected chi connectivity index (χ4v) is 5.39. The molecule has 0 bridgehead atoms. The molecule has 0 spiro atoms. The van der Waals surface area contributed by atoms with Crippen molar-refractivity contribution in [1.29, 1.82) is 0 Å². The van der Waals surface area contributed by atoms with Gasteiger partial charge in [-0.2, -0.15) is 12.7 Å². The molecule has 1 aliphatic heterocycles. The molecule has 1 atom stereocenters. The largest absolute Gasteiger partial charge is 0.497 e. The van der Waals surface area contributed by atoms with Crippen LogP contribution in [-0.2, 0) is 14.9 Å². The van der Waals surface area contributed by atoms with Gasteiger partial charge in [0, 0.05) is 5.02 Å². The molecule has 1 heterocycles. The predicted molar refractivity (Wildman–Crippen MR) is 124 cm³/mol. The number of amides is 1. The fraction of sp³-hybridized carbons (Fsp3) is 0.174. The first-order chi connectivity index (χ1) is 15.8. The Morgan fingerprint density at radius 2 is 1.58 bits per heavy atom. The van der Waals surface area contributed by atoms with Gasteiger partial charge in [-0.05, 0) is 66.2 Å². The summed E-state index contributed by atoms with van der Waals surface area (Å²) in [4.78, 5) is 12.2. The molecule has 8 nitrogen and oxygen atoms in total. The maximum absolute atomic E-state index is 13.3. The highest BCUT2D eigenvalue weighted by atomic mass is 35.5. The molecular formula is C23H21ClN2O6S. The number of rotatable bonds is 5. The number of hydrogen-bond donors (Lipinski definition) is 0. The van der Waals surface area contributed by atoms with E-state index in [0.717, 1.165) is 11.4 Å². The second-order valence-corrected chi connectivity index (χ2v) is 9.31. The molecule has 4 rings (SSSR count). The molecule has 33 heavy (non-hydrogen) atoms. The van der Waals surface area contributed by atoms with Gasteiger partial charge < -0.3 is 14.2 Å². The number of ether oxygens (including phenoxy) is 3. The van der Waals surface area contributed by atoms with E-state index in [0.29, 0.717) is 33.5 Å². The molecule has 3 aromatic rings. The second kappa shape index (κ2) is 9.21. The molecule has 10 heteroatoms. The van der Waals surface area contributed by atoms with Gasteiger partial charge in [0.15, 0.2) is 0 Å². The molecule has 0 radical (unpaired) electrons. The van der Waals surface area contributed by atoms with Crippen LogP contribution in [0.1, 0.15) is 11.6 Å². The Morgan fingerprint density at radius 3 is 2.18 bits per heavy atom. The van der Waals surface area contributed by atoms with Gasteiger partial charge in [-0.15, -0.1) is 0 Å². The number of carbonyl (C=O) groups is 1. The quantitative estimate of drug-likeness (QED) is 0.501. The zero-order chi connectivity index (χ0) is 23.6. The predicted octanol–water partition coefficient (Wildman–Crippen LogP) is 5.02. The van der Waals surface area contributed by atoms with Crippen molar-refractivity contribution >= 4 is 33.6 Å². The van der Waals surface area contributed by atoms with Gasteiger partial charge in [0.25, 0.3) is 0 Å². The number of anilines is 1. The summed E-state index contributed by atoms with van der Waals surface area (Å²) in [7, 11) is -1.52. The molecule has 0 saturated carbocycles. The van der Waals surface area contributed by atoms with Crippen LogP contribution in [0, 0.1) is 0 Å². The Morgan fingerprint density at radius 1 is 0.939 bits per heavy atom. The Labute approximate surface area is 197 Å². The summed E-state index contributed by atoms with van der Waals surface area (Å²) in [5.74, 6) is 1.68. The smallest absolute Gasteiger partial charge is 0.424 e. The molecular weight excluding hydrogens is 468 g/mol. The number of hydrogen-bond acceptors (Lipinski definition) is 6. The lowest BCUT2D eigenvalue weighted by Crippen LogP contribution is -2.37. The van der Waals surface area contributed by atoms with Crippen LogP contribution >= 0.6 is 11.6 Å². The first kappa shape index (κ1) is 22.8. The molecule has 0 aromatic heterocycles. The van der Waals surface area contributed by atoms with Gasteiger partial charge in [0.2, 0.25) is 0 Å². The number of benzene rings is 3. The van der Waals surface area contributed by atoms with Gasteiger partial charge in [-0.1, -0.05) is 23.7 Å². The molecule has 1 aliphatic rings. The standard InChI is InChI=1S/C23H21ClN2O6S/c1-30-21-5-3-4-16(14-21)22-15-25(23(27)31-2)33(28,29)26(22)18-8-12-20(13-9-18)32-19-10-6-17(24)7-11-19/h3-14,22H,15H2,1-2H3/t22-/m1/s1. The minimum atomic E-state index is -4.19. The van der Waals surface area contributed by atoms with E-state index in [1.165, 1.54) is 11.4 Å². The van der Waals surface area contributed by atoms with Crippen LogP contribution in [0.2, 0.25) is 5.02 Å². The lowest BCUT2D eigenvalue weighted by Gasteiger charge is -2.24. The highest BCUT2D eigenvalue weighted by molar-refractivity contribution is 7.91. The van der Waals surface area contributed by atoms with Gasteiger partial charge in [0.1, 0.15) is 17.2 Å². The number of methoxy groups -OCH3 is 2. The van der Waals surface area contributed by atoms with E-state index in [4.69, 9.17) is 25.8 Å². The molecule has 172 valence electrons. The van der Waals surface area contributed by atoms with Crippen LogP contribution in [0.4, 0.5) is 10.5 Å². The van der Waals surface area contributed by atoms with E-state index in [-0.39, 0.29) is 6.54 Å². The van der Waals surface area contributed by atoms with Crippen LogP contribution < -0.4 is 13.8 Å². The van der Waals surface area contributed by atoms with Crippen molar-refractivity contribution in [2.24, 2.45) is 0 Å². The molecule has 1 fully saturated rings. The average molecular weight is 489 g/mol. The van der Waals surface area contributed by atoms with Crippen LogP contribution in [0.15, 0.2) is 72.8 Å². The Bertz CT molecular complexity index is 1250. The van der Waals surface area contributed by atoms with Crippen molar-refractivity contribution in [3.8, 4) is 17.2 Å². The molecule has 1 saturated heterocycles. The topological polar surface area (TPSA) is 85.4 Å². The molecule has 0 unspecified atom stereocenters. The van der Waals surface area contributed by atoms with Crippen LogP contribution in [-0.4, -0.2) is 39.6 Å².